The van der Waals surface area contributed by atoms with Crippen molar-refractivity contribution in [2.24, 2.45) is 0 Å². The molecule has 2 aromatic rings. The second-order valence-corrected chi connectivity index (χ2v) is 7.15. The van der Waals surface area contributed by atoms with Gasteiger partial charge in [-0.15, -0.1) is 0 Å². The Bertz CT molecular complexity index is 847. The molecule has 1 heterocycles. The zero-order chi connectivity index (χ0) is 17.9. The summed E-state index contributed by atoms with van der Waals surface area (Å²) in [6, 6.07) is 4.23. The number of hydrogen-bond donors (Lipinski definition) is 1. The van der Waals surface area contributed by atoms with Gasteiger partial charge < -0.3 is 10.1 Å². The fraction of sp³-hybridized carbons (Fsp3) is 0.357. The number of benzene rings is 1. The molecule has 0 radical (unpaired) electrons. The SMILES string of the molecule is COc1ccc(S(=O)(=O)N(C)Cc2nonc2C)cc1NC(C)=O. The second kappa shape index (κ2) is 6.97. The molecule has 1 aromatic carbocycles. The summed E-state index contributed by atoms with van der Waals surface area (Å²) in [6.07, 6.45) is 0. The summed E-state index contributed by atoms with van der Waals surface area (Å²) in [5.41, 5.74) is 1.22. The molecular formula is C14H18N4O5S. The van der Waals surface area contributed by atoms with E-state index in [1.807, 2.05) is 0 Å². The van der Waals surface area contributed by atoms with Gasteiger partial charge in [0, 0.05) is 14.0 Å². The van der Waals surface area contributed by atoms with Gasteiger partial charge in [0.2, 0.25) is 15.9 Å². The quantitative estimate of drug-likeness (QED) is 0.828. The van der Waals surface area contributed by atoms with Crippen LogP contribution in [0.25, 0.3) is 0 Å². The summed E-state index contributed by atoms with van der Waals surface area (Å²) in [5, 5.41) is 9.85. The first-order valence-electron chi connectivity index (χ1n) is 6.95. The van der Waals surface area contributed by atoms with Crippen molar-refractivity contribution < 1.29 is 22.6 Å². The number of nitrogens with one attached hydrogen (secondary N) is 1. The number of rotatable bonds is 6. The number of methoxy groups -OCH3 is 1. The molecule has 130 valence electrons. The van der Waals surface area contributed by atoms with Crippen LogP contribution in [0.5, 0.6) is 5.75 Å². The lowest BCUT2D eigenvalue weighted by atomic mass is 10.3. The molecule has 0 aliphatic rings. The number of aromatic nitrogens is 2. The molecule has 24 heavy (non-hydrogen) atoms. The molecule has 0 saturated carbocycles. The maximum absolute atomic E-state index is 12.7. The first-order chi connectivity index (χ1) is 11.3. The number of amides is 1. The number of hydrogen-bond acceptors (Lipinski definition) is 7. The standard InChI is InChI=1S/C14H18N4O5S/c1-9-13(17-23-16-9)8-18(3)24(20,21)11-5-6-14(22-4)12(7-11)15-10(2)19/h5-7H,8H2,1-4H3,(H,15,19). The summed E-state index contributed by atoms with van der Waals surface area (Å²) >= 11 is 0. The molecule has 0 fully saturated rings. The van der Waals surface area contributed by atoms with Crippen LogP contribution in [0, 0.1) is 6.92 Å². The maximum Gasteiger partial charge on any atom is 0.243 e. The van der Waals surface area contributed by atoms with E-state index in [1.165, 1.54) is 39.3 Å². The molecule has 10 heteroatoms. The van der Waals surface area contributed by atoms with E-state index in [-0.39, 0.29) is 23.0 Å². The van der Waals surface area contributed by atoms with Gasteiger partial charge in [-0.05, 0) is 25.1 Å². The highest BCUT2D eigenvalue weighted by atomic mass is 32.2. The van der Waals surface area contributed by atoms with Gasteiger partial charge in [-0.25, -0.2) is 13.0 Å². The van der Waals surface area contributed by atoms with Gasteiger partial charge in [-0.1, -0.05) is 10.3 Å². The van der Waals surface area contributed by atoms with E-state index in [2.05, 4.69) is 20.3 Å². The van der Waals surface area contributed by atoms with Crippen LogP contribution in [-0.4, -0.2) is 43.1 Å². The summed E-state index contributed by atoms with van der Waals surface area (Å²) in [6.45, 7) is 3.01. The number of carbonyl (C=O) groups excluding carboxylic acids is 1. The van der Waals surface area contributed by atoms with Crippen LogP contribution >= 0.6 is 0 Å². The molecule has 0 saturated heterocycles. The lowest BCUT2D eigenvalue weighted by molar-refractivity contribution is -0.114. The first kappa shape index (κ1) is 17.9. The van der Waals surface area contributed by atoms with E-state index in [4.69, 9.17) is 4.74 Å². The van der Waals surface area contributed by atoms with Crippen LogP contribution in [0.2, 0.25) is 0 Å². The van der Waals surface area contributed by atoms with Crippen molar-refractivity contribution in [1.82, 2.24) is 14.6 Å². The third-order valence-electron chi connectivity index (χ3n) is 3.31. The minimum absolute atomic E-state index is 0.0131. The number of ether oxygens (including phenoxy) is 1. The predicted octanol–water partition coefficient (Wildman–Crippen LogP) is 1.17. The van der Waals surface area contributed by atoms with Crippen molar-refractivity contribution >= 4 is 21.6 Å². The molecule has 1 N–H and O–H groups in total. The van der Waals surface area contributed by atoms with Crippen molar-refractivity contribution in [1.29, 1.82) is 0 Å². The van der Waals surface area contributed by atoms with Gasteiger partial charge in [-0.3, -0.25) is 4.79 Å². The number of nitrogens with zero attached hydrogens (tertiary/aromatic N) is 3. The maximum atomic E-state index is 12.7. The summed E-state index contributed by atoms with van der Waals surface area (Å²) < 4.78 is 36.2. The second-order valence-electron chi connectivity index (χ2n) is 5.10. The van der Waals surface area contributed by atoms with Gasteiger partial charge in [0.25, 0.3) is 0 Å². The fourth-order valence-electron chi connectivity index (χ4n) is 2.00. The molecule has 1 aromatic heterocycles. The number of anilines is 1. The molecular weight excluding hydrogens is 336 g/mol. The Kier molecular flexibility index (Phi) is 5.20. The predicted molar refractivity (Wildman–Crippen MR) is 85.0 cm³/mol. The summed E-state index contributed by atoms with van der Waals surface area (Å²) in [4.78, 5) is 11.3. The van der Waals surface area contributed by atoms with E-state index in [9.17, 15) is 13.2 Å². The molecule has 2 rings (SSSR count). The Morgan fingerprint density at radius 2 is 2.08 bits per heavy atom. The van der Waals surface area contributed by atoms with E-state index < -0.39 is 10.0 Å². The van der Waals surface area contributed by atoms with Gasteiger partial charge in [0.1, 0.15) is 17.1 Å². The monoisotopic (exact) mass is 354 g/mol. The molecule has 9 nitrogen and oxygen atoms in total. The molecule has 0 aliphatic heterocycles. The lowest BCUT2D eigenvalue weighted by Crippen LogP contribution is -2.27. The van der Waals surface area contributed by atoms with Gasteiger partial charge in [-0.2, -0.15) is 4.31 Å². The number of aryl methyl sites for hydroxylation is 1. The molecule has 0 atom stereocenters. The number of carbonyl (C=O) groups is 1. The highest BCUT2D eigenvalue weighted by Gasteiger charge is 2.24. The summed E-state index contributed by atoms with van der Waals surface area (Å²) in [5.74, 6) is 0.0313. The normalized spacial score (nSPS) is 11.5. The van der Waals surface area contributed by atoms with Crippen LogP contribution in [0.15, 0.2) is 27.7 Å². The number of sulfonamides is 1. The van der Waals surface area contributed by atoms with Gasteiger partial charge >= 0.3 is 0 Å². The van der Waals surface area contributed by atoms with Crippen molar-refractivity contribution in [2.75, 3.05) is 19.5 Å². The van der Waals surface area contributed by atoms with E-state index >= 15 is 0 Å². The smallest absolute Gasteiger partial charge is 0.243 e. The Morgan fingerprint density at radius 1 is 1.38 bits per heavy atom. The zero-order valence-electron chi connectivity index (χ0n) is 13.7. The van der Waals surface area contributed by atoms with E-state index in [0.29, 0.717) is 17.1 Å². The average Bonchev–Trinajstić information content (AvgIpc) is 2.91. The van der Waals surface area contributed by atoms with Crippen LogP contribution in [0.1, 0.15) is 18.3 Å². The molecule has 0 aliphatic carbocycles. The zero-order valence-corrected chi connectivity index (χ0v) is 14.5. The van der Waals surface area contributed by atoms with Gasteiger partial charge in [0.15, 0.2) is 0 Å². The Labute approximate surface area is 139 Å². The summed E-state index contributed by atoms with van der Waals surface area (Å²) in [7, 11) is -0.944. The topological polar surface area (TPSA) is 115 Å². The van der Waals surface area contributed by atoms with Gasteiger partial charge in [0.05, 0.1) is 24.2 Å². The average molecular weight is 354 g/mol. The van der Waals surface area contributed by atoms with E-state index in [0.717, 1.165) is 4.31 Å². The van der Waals surface area contributed by atoms with Crippen LogP contribution in [-0.2, 0) is 21.4 Å². The Hall–Kier alpha value is -2.46. The van der Waals surface area contributed by atoms with Crippen molar-refractivity contribution in [3.8, 4) is 5.75 Å². The highest BCUT2D eigenvalue weighted by Crippen LogP contribution is 2.29. The Morgan fingerprint density at radius 3 is 2.62 bits per heavy atom. The van der Waals surface area contributed by atoms with Crippen molar-refractivity contribution in [3.63, 3.8) is 0 Å². The molecule has 0 unspecified atom stereocenters. The van der Waals surface area contributed by atoms with Crippen molar-refractivity contribution in [3.05, 3.63) is 29.6 Å². The Balaban J connectivity index is 2.34. The third-order valence-corrected chi connectivity index (χ3v) is 5.11. The fourth-order valence-corrected chi connectivity index (χ4v) is 3.16. The van der Waals surface area contributed by atoms with Crippen LogP contribution < -0.4 is 10.1 Å². The lowest BCUT2D eigenvalue weighted by Gasteiger charge is -2.17. The molecule has 0 spiro atoms. The van der Waals surface area contributed by atoms with Crippen molar-refractivity contribution in [2.45, 2.75) is 25.3 Å². The van der Waals surface area contributed by atoms with Crippen LogP contribution in [0.4, 0.5) is 5.69 Å². The molecule has 1 amide bonds. The molecule has 0 bridgehead atoms. The third kappa shape index (κ3) is 3.71. The minimum atomic E-state index is -3.80. The van der Waals surface area contributed by atoms with Crippen LogP contribution in [0.3, 0.4) is 0 Å². The largest absolute Gasteiger partial charge is 0.495 e. The first-order valence-corrected chi connectivity index (χ1v) is 8.39. The van der Waals surface area contributed by atoms with E-state index in [1.54, 1.807) is 6.92 Å². The minimum Gasteiger partial charge on any atom is -0.495 e. The highest BCUT2D eigenvalue weighted by molar-refractivity contribution is 7.89.